The van der Waals surface area contributed by atoms with E-state index in [1.807, 2.05) is 24.3 Å². The van der Waals surface area contributed by atoms with Gasteiger partial charge in [0, 0.05) is 50.1 Å². The van der Waals surface area contributed by atoms with Crippen LogP contribution >= 0.6 is 11.6 Å². The Morgan fingerprint density at radius 1 is 1.11 bits per heavy atom. The zero-order valence-corrected chi connectivity index (χ0v) is 21.0. The highest BCUT2D eigenvalue weighted by Crippen LogP contribution is 2.32. The Kier molecular flexibility index (Phi) is 7.22. The van der Waals surface area contributed by atoms with E-state index < -0.39 is 11.4 Å². The molecule has 0 aliphatic carbocycles. The number of benzene rings is 2. The Bertz CT molecular complexity index is 1470. The van der Waals surface area contributed by atoms with Crippen LogP contribution in [0.4, 0.5) is 15.9 Å². The average molecular weight is 525 g/mol. The number of rotatable bonds is 7. The van der Waals surface area contributed by atoms with Gasteiger partial charge in [-0.15, -0.1) is 4.73 Å². The third-order valence-corrected chi connectivity index (χ3v) is 6.51. The van der Waals surface area contributed by atoms with Crippen LogP contribution in [0, 0.1) is 5.82 Å². The molecular weight excluding hydrogens is 499 g/mol. The molecule has 0 radical (unpaired) electrons. The molecular formula is C26H26ClFN6O3. The number of anilines is 2. The zero-order chi connectivity index (χ0) is 25.9. The smallest absolute Gasteiger partial charge is 0.293 e. The number of piperazine rings is 1. The van der Waals surface area contributed by atoms with Crippen LogP contribution in [0.25, 0.3) is 33.5 Å². The van der Waals surface area contributed by atoms with Crippen LogP contribution < -0.4 is 26.3 Å². The SMILES string of the molecule is COCCOn1c(=O)c(-c2c(F)cccc2Cl)cc2c(N)nc(-c3ccc(N4CCNCC4)cc3)nc21. The van der Waals surface area contributed by atoms with Gasteiger partial charge >= 0.3 is 0 Å². The van der Waals surface area contributed by atoms with Gasteiger partial charge in [0.2, 0.25) is 0 Å². The molecule has 2 aromatic carbocycles. The normalized spacial score (nSPS) is 13.8. The lowest BCUT2D eigenvalue weighted by molar-refractivity contribution is 0.0584. The molecule has 0 amide bonds. The molecule has 11 heteroatoms. The predicted octanol–water partition coefficient (Wildman–Crippen LogP) is 2.98. The molecule has 1 saturated heterocycles. The summed E-state index contributed by atoms with van der Waals surface area (Å²) in [4.78, 5) is 30.7. The predicted molar refractivity (Wildman–Crippen MR) is 142 cm³/mol. The lowest BCUT2D eigenvalue weighted by Gasteiger charge is -2.29. The van der Waals surface area contributed by atoms with Crippen molar-refractivity contribution in [1.82, 2.24) is 20.0 Å². The van der Waals surface area contributed by atoms with Crippen LogP contribution in [0.1, 0.15) is 0 Å². The van der Waals surface area contributed by atoms with Crippen molar-refractivity contribution >= 4 is 34.1 Å². The number of ether oxygens (including phenoxy) is 1. The fraction of sp³-hybridized carbons (Fsp3) is 0.269. The van der Waals surface area contributed by atoms with E-state index in [0.717, 1.165) is 42.2 Å². The van der Waals surface area contributed by atoms with Crippen LogP contribution in [0.5, 0.6) is 0 Å². The minimum Gasteiger partial charge on any atom is -0.406 e. The molecule has 0 unspecified atom stereocenters. The number of hydrogen-bond donors (Lipinski definition) is 2. The van der Waals surface area contributed by atoms with Crippen molar-refractivity contribution in [3.63, 3.8) is 0 Å². The zero-order valence-electron chi connectivity index (χ0n) is 20.2. The number of nitrogens with zero attached hydrogens (tertiary/aromatic N) is 4. The van der Waals surface area contributed by atoms with Crippen molar-refractivity contribution in [1.29, 1.82) is 0 Å². The Morgan fingerprint density at radius 3 is 2.57 bits per heavy atom. The van der Waals surface area contributed by atoms with Gasteiger partial charge in [0.1, 0.15) is 18.2 Å². The first-order valence-electron chi connectivity index (χ1n) is 11.8. The maximum absolute atomic E-state index is 14.7. The lowest BCUT2D eigenvalue weighted by atomic mass is 10.1. The number of nitrogen functional groups attached to an aromatic ring is 1. The highest BCUT2D eigenvalue weighted by atomic mass is 35.5. The lowest BCUT2D eigenvalue weighted by Crippen LogP contribution is -2.43. The van der Waals surface area contributed by atoms with Gasteiger partial charge < -0.3 is 25.5 Å². The van der Waals surface area contributed by atoms with Crippen molar-refractivity contribution in [3.05, 3.63) is 69.7 Å². The van der Waals surface area contributed by atoms with Gasteiger partial charge in [-0.2, -0.15) is 0 Å². The number of pyridine rings is 1. The fourth-order valence-corrected chi connectivity index (χ4v) is 4.58. The average Bonchev–Trinajstić information content (AvgIpc) is 2.91. The number of nitrogens with two attached hydrogens (primary N) is 1. The number of fused-ring (bicyclic) bond motifs is 1. The van der Waals surface area contributed by atoms with Crippen LogP contribution in [0.2, 0.25) is 5.02 Å². The second-order valence-corrected chi connectivity index (χ2v) is 8.94. The summed E-state index contributed by atoms with van der Waals surface area (Å²) in [6.07, 6.45) is 0. The number of halogens is 2. The highest BCUT2D eigenvalue weighted by Gasteiger charge is 2.21. The van der Waals surface area contributed by atoms with Crippen molar-refractivity contribution in [2.75, 3.05) is 57.1 Å². The Labute approximate surface area is 217 Å². The number of methoxy groups -OCH3 is 1. The maximum Gasteiger partial charge on any atom is 0.293 e. The van der Waals surface area contributed by atoms with Gasteiger partial charge in [-0.25, -0.2) is 14.4 Å². The quantitative estimate of drug-likeness (QED) is 0.355. The summed E-state index contributed by atoms with van der Waals surface area (Å²) >= 11 is 6.26. The summed E-state index contributed by atoms with van der Waals surface area (Å²) in [7, 11) is 1.52. The topological polar surface area (TPSA) is 108 Å². The van der Waals surface area contributed by atoms with Gasteiger partial charge in [-0.05, 0) is 42.5 Å². The minimum atomic E-state index is -0.645. The Morgan fingerprint density at radius 2 is 1.86 bits per heavy atom. The molecule has 3 heterocycles. The summed E-state index contributed by atoms with van der Waals surface area (Å²) in [5.41, 5.74) is 7.64. The molecule has 1 fully saturated rings. The summed E-state index contributed by atoms with van der Waals surface area (Å²) in [6, 6.07) is 13.5. The molecule has 37 heavy (non-hydrogen) atoms. The number of nitrogens with one attached hydrogen (secondary N) is 1. The van der Waals surface area contributed by atoms with Crippen LogP contribution in [0.15, 0.2) is 53.3 Å². The third kappa shape index (κ3) is 4.95. The molecule has 192 valence electrons. The second kappa shape index (κ2) is 10.7. The van der Waals surface area contributed by atoms with Gasteiger partial charge in [-0.1, -0.05) is 17.7 Å². The highest BCUT2D eigenvalue weighted by molar-refractivity contribution is 6.33. The van der Waals surface area contributed by atoms with Crippen LogP contribution in [-0.4, -0.2) is 61.2 Å². The first kappa shape index (κ1) is 24.9. The molecule has 0 atom stereocenters. The molecule has 4 aromatic rings. The molecule has 5 rings (SSSR count). The molecule has 0 saturated carbocycles. The van der Waals surface area contributed by atoms with Gasteiger partial charge in [-0.3, -0.25) is 4.79 Å². The van der Waals surface area contributed by atoms with Crippen LogP contribution in [-0.2, 0) is 4.74 Å². The molecule has 0 spiro atoms. The van der Waals surface area contributed by atoms with E-state index >= 15 is 0 Å². The molecule has 0 bridgehead atoms. The van der Waals surface area contributed by atoms with Crippen molar-refractivity contribution in [2.45, 2.75) is 0 Å². The van der Waals surface area contributed by atoms with Crippen LogP contribution in [0.3, 0.4) is 0 Å². The number of hydrogen-bond acceptors (Lipinski definition) is 8. The molecule has 9 nitrogen and oxygen atoms in total. The molecule has 1 aliphatic rings. The van der Waals surface area contributed by atoms with E-state index in [9.17, 15) is 9.18 Å². The van der Waals surface area contributed by atoms with Crippen molar-refractivity contribution < 1.29 is 14.0 Å². The van der Waals surface area contributed by atoms with Crippen molar-refractivity contribution in [2.24, 2.45) is 0 Å². The largest absolute Gasteiger partial charge is 0.406 e. The van der Waals surface area contributed by atoms with Gasteiger partial charge in [0.25, 0.3) is 5.56 Å². The molecule has 2 aromatic heterocycles. The molecule has 1 aliphatic heterocycles. The summed E-state index contributed by atoms with van der Waals surface area (Å²) < 4.78 is 20.8. The van der Waals surface area contributed by atoms with E-state index in [1.54, 1.807) is 0 Å². The Hall–Kier alpha value is -3.73. The summed E-state index contributed by atoms with van der Waals surface area (Å²) in [6.45, 7) is 4.01. The maximum atomic E-state index is 14.7. The standard InChI is InChI=1S/C26H26ClFN6O3/c1-36-13-14-37-34-25-19(15-18(26(34)35)22-20(27)3-2-4-21(22)28)23(29)31-24(32-25)16-5-7-17(8-6-16)33-11-9-30-10-12-33/h2-8,15,30H,9-14H2,1H3,(H2,29,31,32). The van der Waals surface area contributed by atoms with Gasteiger partial charge in [0.15, 0.2) is 11.5 Å². The first-order valence-corrected chi connectivity index (χ1v) is 12.2. The summed E-state index contributed by atoms with van der Waals surface area (Å²) in [5.74, 6) is -0.200. The van der Waals surface area contributed by atoms with Crippen molar-refractivity contribution in [3.8, 4) is 22.5 Å². The van der Waals surface area contributed by atoms with E-state index in [2.05, 4.69) is 20.2 Å². The van der Waals surface area contributed by atoms with E-state index in [1.165, 1.54) is 31.4 Å². The summed E-state index contributed by atoms with van der Waals surface area (Å²) in [5, 5.41) is 3.75. The number of aromatic nitrogens is 3. The second-order valence-electron chi connectivity index (χ2n) is 8.53. The minimum absolute atomic E-state index is 0.0172. The van der Waals surface area contributed by atoms with E-state index in [-0.39, 0.29) is 40.8 Å². The van der Waals surface area contributed by atoms with E-state index in [4.69, 9.17) is 26.9 Å². The fourth-order valence-electron chi connectivity index (χ4n) is 4.32. The monoisotopic (exact) mass is 524 g/mol. The van der Waals surface area contributed by atoms with Gasteiger partial charge in [0.05, 0.1) is 22.6 Å². The third-order valence-electron chi connectivity index (χ3n) is 6.20. The first-order chi connectivity index (χ1) is 18.0. The molecule has 3 N–H and O–H groups in total. The van der Waals surface area contributed by atoms with E-state index in [0.29, 0.717) is 11.2 Å². The Balaban J connectivity index is 1.63.